The number of carboxylic acid groups (broad SMARTS) is 1. The molecule has 3 rings (SSSR count). The summed E-state index contributed by atoms with van der Waals surface area (Å²) in [5.74, 6) is 0.171. The summed E-state index contributed by atoms with van der Waals surface area (Å²) in [6.45, 7) is 2.70. The molecule has 0 spiro atoms. The molecule has 0 unspecified atom stereocenters. The minimum Gasteiger partial charge on any atom is -0.494 e. The van der Waals surface area contributed by atoms with Crippen LogP contribution < -0.4 is 14.2 Å². The molecule has 8 heteroatoms. The average Bonchev–Trinajstić information content (AvgIpc) is 2.79. The molecule has 34 heavy (non-hydrogen) atoms. The third-order valence-corrected chi connectivity index (χ3v) is 4.66. The van der Waals surface area contributed by atoms with Gasteiger partial charge in [-0.05, 0) is 66.1 Å². The highest BCUT2D eigenvalue weighted by atomic mass is 19.4. The van der Waals surface area contributed by atoms with Crippen LogP contribution in [0.25, 0.3) is 17.2 Å². The van der Waals surface area contributed by atoms with E-state index >= 15 is 0 Å². The van der Waals surface area contributed by atoms with E-state index in [0.717, 1.165) is 18.9 Å². The third kappa shape index (κ3) is 7.58. The van der Waals surface area contributed by atoms with Crippen molar-refractivity contribution in [2.24, 2.45) is 0 Å². The Hall–Kier alpha value is -3.94. The number of alkyl halides is 3. The quantitative estimate of drug-likeness (QED) is 0.247. The zero-order valence-electron chi connectivity index (χ0n) is 18.3. The summed E-state index contributed by atoms with van der Waals surface area (Å²) in [6, 6.07) is 17.5. The second kappa shape index (κ2) is 11.3. The number of hydrogen-bond acceptors (Lipinski definition) is 4. The second-order valence-electron chi connectivity index (χ2n) is 7.27. The van der Waals surface area contributed by atoms with Gasteiger partial charge in [0.1, 0.15) is 23.0 Å². The van der Waals surface area contributed by atoms with E-state index < -0.39 is 12.3 Å². The summed E-state index contributed by atoms with van der Waals surface area (Å²) in [5, 5.41) is 8.98. The maximum Gasteiger partial charge on any atom is 0.573 e. The Morgan fingerprint density at radius 1 is 0.912 bits per heavy atom. The fourth-order valence-electron chi connectivity index (χ4n) is 3.02. The molecule has 5 nitrogen and oxygen atoms in total. The lowest BCUT2D eigenvalue weighted by molar-refractivity contribution is -0.274. The molecule has 0 aliphatic rings. The molecule has 1 N–H and O–H groups in total. The van der Waals surface area contributed by atoms with Gasteiger partial charge in [0.25, 0.3) is 0 Å². The van der Waals surface area contributed by atoms with Gasteiger partial charge < -0.3 is 19.3 Å². The molecule has 178 valence electrons. The van der Waals surface area contributed by atoms with Gasteiger partial charge in [-0.25, -0.2) is 4.79 Å². The zero-order chi connectivity index (χ0) is 24.6. The van der Waals surface area contributed by atoms with Crippen molar-refractivity contribution in [2.75, 3.05) is 6.61 Å². The van der Waals surface area contributed by atoms with Gasteiger partial charge in [-0.3, -0.25) is 0 Å². The van der Waals surface area contributed by atoms with Crippen LogP contribution in [0.5, 0.6) is 23.0 Å². The van der Waals surface area contributed by atoms with E-state index in [-0.39, 0.29) is 5.75 Å². The topological polar surface area (TPSA) is 65.0 Å². The second-order valence-corrected chi connectivity index (χ2v) is 7.27. The maximum atomic E-state index is 12.4. The predicted octanol–water partition coefficient (Wildman–Crippen LogP) is 7.32. The van der Waals surface area contributed by atoms with Gasteiger partial charge in [0.2, 0.25) is 0 Å². The molecule has 0 aliphatic carbocycles. The van der Waals surface area contributed by atoms with Crippen molar-refractivity contribution in [1.29, 1.82) is 0 Å². The Balaban J connectivity index is 1.85. The van der Waals surface area contributed by atoms with Gasteiger partial charge in [-0.1, -0.05) is 37.6 Å². The molecule has 0 aliphatic heterocycles. The van der Waals surface area contributed by atoms with Gasteiger partial charge in [0, 0.05) is 11.6 Å². The number of benzene rings is 3. The van der Waals surface area contributed by atoms with E-state index in [1.54, 1.807) is 42.5 Å². The molecule has 0 amide bonds. The number of carboxylic acids is 1. The lowest BCUT2D eigenvalue weighted by atomic mass is 10.0. The summed E-state index contributed by atoms with van der Waals surface area (Å²) in [6.07, 6.45) is -0.382. The van der Waals surface area contributed by atoms with Crippen LogP contribution in [-0.2, 0) is 4.79 Å². The summed E-state index contributed by atoms with van der Waals surface area (Å²) < 4.78 is 52.8. The molecule has 0 atom stereocenters. The molecule has 0 radical (unpaired) electrons. The minimum absolute atomic E-state index is 0.324. The molecule has 0 saturated heterocycles. The third-order valence-electron chi connectivity index (χ3n) is 4.66. The molecule has 0 bridgehead atoms. The molecule has 0 heterocycles. The largest absolute Gasteiger partial charge is 0.573 e. The fraction of sp³-hybridized carbons (Fsp3) is 0.192. The Kier molecular flexibility index (Phi) is 8.19. The Morgan fingerprint density at radius 3 is 2.15 bits per heavy atom. The van der Waals surface area contributed by atoms with E-state index in [0.29, 0.717) is 40.5 Å². The van der Waals surface area contributed by atoms with Crippen LogP contribution in [0.3, 0.4) is 0 Å². The SMILES string of the molecule is CCCCOc1ccc(Oc2cc(-c3ccc(OC(F)(F)F)cc3)ccc2C=CC(=O)O)cc1. The maximum absolute atomic E-state index is 12.4. The number of unbranched alkanes of at least 4 members (excludes halogenated alkanes) is 1. The van der Waals surface area contributed by atoms with Crippen molar-refractivity contribution in [3.8, 4) is 34.1 Å². The Morgan fingerprint density at radius 2 is 1.53 bits per heavy atom. The number of rotatable bonds is 10. The predicted molar refractivity (Wildman–Crippen MR) is 122 cm³/mol. The molecular formula is C26H23F3O5. The first-order valence-electron chi connectivity index (χ1n) is 10.6. The highest BCUT2D eigenvalue weighted by molar-refractivity contribution is 5.86. The van der Waals surface area contributed by atoms with Crippen LogP contribution in [0.15, 0.2) is 72.8 Å². The summed E-state index contributed by atoms with van der Waals surface area (Å²) in [5.41, 5.74) is 1.82. The number of aliphatic carboxylic acids is 1. The van der Waals surface area contributed by atoms with Gasteiger partial charge in [-0.2, -0.15) is 0 Å². The Bertz CT molecular complexity index is 1120. The van der Waals surface area contributed by atoms with E-state index in [4.69, 9.17) is 14.6 Å². The summed E-state index contributed by atoms with van der Waals surface area (Å²) in [7, 11) is 0. The highest BCUT2D eigenvalue weighted by Gasteiger charge is 2.30. The van der Waals surface area contributed by atoms with Crippen molar-refractivity contribution < 1.29 is 37.3 Å². The number of hydrogen-bond donors (Lipinski definition) is 1. The van der Waals surface area contributed by atoms with E-state index in [1.165, 1.54) is 30.3 Å². The normalized spacial score (nSPS) is 11.4. The zero-order valence-corrected chi connectivity index (χ0v) is 18.3. The van der Waals surface area contributed by atoms with Crippen molar-refractivity contribution >= 4 is 12.0 Å². The first-order chi connectivity index (χ1) is 16.2. The smallest absolute Gasteiger partial charge is 0.494 e. The molecular weight excluding hydrogens is 449 g/mol. The van der Waals surface area contributed by atoms with Gasteiger partial charge in [0.15, 0.2) is 0 Å². The molecule has 0 saturated carbocycles. The summed E-state index contributed by atoms with van der Waals surface area (Å²) >= 11 is 0. The molecule has 0 aromatic heterocycles. The first-order valence-corrected chi connectivity index (χ1v) is 10.6. The first kappa shape index (κ1) is 24.7. The van der Waals surface area contributed by atoms with Crippen molar-refractivity contribution in [2.45, 2.75) is 26.1 Å². The van der Waals surface area contributed by atoms with Crippen LogP contribution in [0.2, 0.25) is 0 Å². The number of ether oxygens (including phenoxy) is 3. The standard InChI is InChI=1S/C26H23F3O5/c1-2-3-16-32-21-11-13-22(14-12-21)33-24-17-20(5-4-19(24)8-15-25(30)31)18-6-9-23(10-7-18)34-26(27,28)29/h4-15,17H,2-3,16H2,1H3,(H,30,31). The molecule has 0 fully saturated rings. The van der Waals surface area contributed by atoms with Crippen LogP contribution >= 0.6 is 0 Å². The van der Waals surface area contributed by atoms with Crippen LogP contribution in [0.1, 0.15) is 25.3 Å². The monoisotopic (exact) mass is 472 g/mol. The molecule has 3 aromatic carbocycles. The lowest BCUT2D eigenvalue weighted by Gasteiger charge is -2.13. The van der Waals surface area contributed by atoms with Gasteiger partial charge >= 0.3 is 12.3 Å². The average molecular weight is 472 g/mol. The van der Waals surface area contributed by atoms with Crippen LogP contribution in [0.4, 0.5) is 13.2 Å². The summed E-state index contributed by atoms with van der Waals surface area (Å²) in [4.78, 5) is 11.0. The minimum atomic E-state index is -4.77. The Labute approximate surface area is 195 Å². The van der Waals surface area contributed by atoms with Gasteiger partial charge in [-0.15, -0.1) is 13.2 Å². The molecule has 3 aromatic rings. The van der Waals surface area contributed by atoms with Gasteiger partial charge in [0.05, 0.1) is 6.61 Å². The van der Waals surface area contributed by atoms with Crippen molar-refractivity contribution in [3.63, 3.8) is 0 Å². The lowest BCUT2D eigenvalue weighted by Crippen LogP contribution is -2.16. The van der Waals surface area contributed by atoms with Crippen molar-refractivity contribution in [3.05, 3.63) is 78.4 Å². The number of carbonyl (C=O) groups is 1. The van der Waals surface area contributed by atoms with Crippen LogP contribution in [0, 0.1) is 0 Å². The van der Waals surface area contributed by atoms with E-state index in [2.05, 4.69) is 11.7 Å². The number of halogens is 3. The van der Waals surface area contributed by atoms with E-state index in [9.17, 15) is 18.0 Å². The highest BCUT2D eigenvalue weighted by Crippen LogP contribution is 2.33. The van der Waals surface area contributed by atoms with Crippen LogP contribution in [-0.4, -0.2) is 24.0 Å². The van der Waals surface area contributed by atoms with Crippen molar-refractivity contribution in [1.82, 2.24) is 0 Å². The van der Waals surface area contributed by atoms with E-state index in [1.807, 2.05) is 0 Å². The fourth-order valence-corrected chi connectivity index (χ4v) is 3.02.